The van der Waals surface area contributed by atoms with Crippen molar-refractivity contribution in [1.29, 1.82) is 5.26 Å². The lowest BCUT2D eigenvalue weighted by Crippen LogP contribution is -2.43. The first-order valence-corrected chi connectivity index (χ1v) is 6.28. The summed E-state index contributed by atoms with van der Waals surface area (Å²) in [5, 5.41) is 38.6. The molecule has 3 heterocycles. The lowest BCUT2D eigenvalue weighted by molar-refractivity contribution is -0.0895. The summed E-state index contributed by atoms with van der Waals surface area (Å²) in [5.74, 6) is 0.841. The number of ether oxygens (including phenoxy) is 1. The SMILES string of the molecule is C#C[C@]1(CO)O[C@@H](n2cnc3c(O)ncnc32)[C@@H](C#N)[C@@H]1O. The molecular formula is C13H11N5O4. The zero-order valence-corrected chi connectivity index (χ0v) is 11.2. The Bertz CT molecular complexity index is 807. The lowest BCUT2D eigenvalue weighted by atomic mass is 9.91. The molecule has 1 saturated heterocycles. The summed E-state index contributed by atoms with van der Waals surface area (Å²) in [6, 6.07) is 1.92. The number of fused-ring (bicyclic) bond motifs is 1. The van der Waals surface area contributed by atoms with E-state index >= 15 is 0 Å². The summed E-state index contributed by atoms with van der Waals surface area (Å²) >= 11 is 0. The third kappa shape index (κ3) is 1.74. The highest BCUT2D eigenvalue weighted by Gasteiger charge is 2.55. The average molecular weight is 301 g/mol. The minimum atomic E-state index is -1.68. The van der Waals surface area contributed by atoms with Crippen molar-refractivity contribution in [2.24, 2.45) is 5.92 Å². The summed E-state index contributed by atoms with van der Waals surface area (Å²) < 4.78 is 6.94. The Morgan fingerprint density at radius 2 is 2.23 bits per heavy atom. The first kappa shape index (κ1) is 14.2. The van der Waals surface area contributed by atoms with Crippen LogP contribution in [0.5, 0.6) is 5.88 Å². The first-order chi connectivity index (χ1) is 10.6. The van der Waals surface area contributed by atoms with Crippen molar-refractivity contribution in [2.75, 3.05) is 6.61 Å². The monoisotopic (exact) mass is 301 g/mol. The maximum atomic E-state index is 10.2. The van der Waals surface area contributed by atoms with E-state index in [9.17, 15) is 20.6 Å². The largest absolute Gasteiger partial charge is 0.492 e. The number of aliphatic hydroxyl groups excluding tert-OH is 2. The molecule has 9 nitrogen and oxygen atoms in total. The van der Waals surface area contributed by atoms with Crippen LogP contribution in [0.3, 0.4) is 0 Å². The third-order valence-electron chi connectivity index (χ3n) is 3.70. The van der Waals surface area contributed by atoms with Gasteiger partial charge in [-0.05, 0) is 0 Å². The van der Waals surface area contributed by atoms with Crippen LogP contribution in [-0.2, 0) is 4.74 Å². The van der Waals surface area contributed by atoms with Crippen molar-refractivity contribution in [3.63, 3.8) is 0 Å². The fourth-order valence-electron chi connectivity index (χ4n) is 2.49. The summed E-state index contributed by atoms with van der Waals surface area (Å²) in [4.78, 5) is 11.5. The Morgan fingerprint density at radius 1 is 1.45 bits per heavy atom. The second-order valence-electron chi connectivity index (χ2n) is 4.82. The van der Waals surface area contributed by atoms with Gasteiger partial charge in [0.05, 0.1) is 19.0 Å². The molecule has 3 N–H and O–H groups in total. The first-order valence-electron chi connectivity index (χ1n) is 6.28. The number of nitrogens with zero attached hydrogens (tertiary/aromatic N) is 5. The number of aromatic nitrogens is 4. The van der Waals surface area contributed by atoms with Gasteiger partial charge < -0.3 is 20.1 Å². The van der Waals surface area contributed by atoms with Crippen LogP contribution in [0.25, 0.3) is 11.2 Å². The van der Waals surface area contributed by atoms with Crippen LogP contribution >= 0.6 is 0 Å². The van der Waals surface area contributed by atoms with Gasteiger partial charge in [0.25, 0.3) is 0 Å². The number of imidazole rings is 1. The van der Waals surface area contributed by atoms with Crippen LogP contribution in [0, 0.1) is 29.6 Å². The van der Waals surface area contributed by atoms with Crippen molar-refractivity contribution >= 4 is 11.2 Å². The standard InChI is InChI=1S/C13H11N5O4/c1-2-13(4-19)9(20)7(3-14)12(22-13)18-6-17-8-10(18)15-5-16-11(8)21/h1,5-7,9,12,19-20H,4H2,(H,15,16,21)/t7-,9-,12+,13+/m0/s1. The number of rotatable bonds is 2. The number of aromatic hydroxyl groups is 1. The minimum Gasteiger partial charge on any atom is -0.492 e. The van der Waals surface area contributed by atoms with E-state index in [4.69, 9.17) is 11.2 Å². The second-order valence-corrected chi connectivity index (χ2v) is 4.82. The van der Waals surface area contributed by atoms with Gasteiger partial charge in [-0.25, -0.2) is 9.97 Å². The predicted octanol–water partition coefficient (Wildman–Crippen LogP) is -1.07. The number of nitriles is 1. The molecule has 0 aromatic carbocycles. The molecule has 1 fully saturated rings. The molecular weight excluding hydrogens is 290 g/mol. The van der Waals surface area contributed by atoms with Crippen molar-refractivity contribution < 1.29 is 20.1 Å². The van der Waals surface area contributed by atoms with Gasteiger partial charge in [-0.3, -0.25) is 4.57 Å². The highest BCUT2D eigenvalue weighted by atomic mass is 16.6. The molecule has 1 aliphatic rings. The second kappa shape index (κ2) is 4.93. The molecule has 0 spiro atoms. The molecule has 9 heteroatoms. The topological polar surface area (TPSA) is 137 Å². The molecule has 2 aromatic rings. The highest BCUT2D eigenvalue weighted by Crippen LogP contribution is 2.42. The summed E-state index contributed by atoms with van der Waals surface area (Å²) in [6.45, 7) is -0.647. The molecule has 4 atom stereocenters. The highest BCUT2D eigenvalue weighted by molar-refractivity contribution is 5.75. The fraction of sp³-hybridized carbons (Fsp3) is 0.385. The van der Waals surface area contributed by atoms with E-state index in [2.05, 4.69) is 20.9 Å². The van der Waals surface area contributed by atoms with Crippen LogP contribution in [0.4, 0.5) is 0 Å². The van der Waals surface area contributed by atoms with Crippen molar-refractivity contribution in [1.82, 2.24) is 19.5 Å². The van der Waals surface area contributed by atoms with Crippen molar-refractivity contribution in [3.05, 3.63) is 12.7 Å². The molecule has 1 aliphatic heterocycles. The minimum absolute atomic E-state index is 0.125. The Labute approximate surface area is 124 Å². The Kier molecular flexibility index (Phi) is 3.19. The number of hydrogen-bond acceptors (Lipinski definition) is 8. The quantitative estimate of drug-likeness (QED) is 0.596. The van der Waals surface area contributed by atoms with Gasteiger partial charge in [0, 0.05) is 0 Å². The Hall–Kier alpha value is -2.72. The van der Waals surface area contributed by atoms with Gasteiger partial charge in [-0.2, -0.15) is 10.2 Å². The molecule has 0 aliphatic carbocycles. The number of terminal acetylenes is 1. The molecule has 3 rings (SSSR count). The molecule has 0 radical (unpaired) electrons. The molecule has 0 saturated carbocycles. The third-order valence-corrected chi connectivity index (χ3v) is 3.70. The van der Waals surface area contributed by atoms with Gasteiger partial charge in [0.2, 0.25) is 5.88 Å². The van der Waals surface area contributed by atoms with Crippen LogP contribution in [0.1, 0.15) is 6.23 Å². The van der Waals surface area contributed by atoms with E-state index < -0.39 is 30.5 Å². The van der Waals surface area contributed by atoms with Gasteiger partial charge in [0.1, 0.15) is 18.3 Å². The van der Waals surface area contributed by atoms with Crippen LogP contribution in [0.2, 0.25) is 0 Å². The van der Waals surface area contributed by atoms with E-state index in [0.29, 0.717) is 0 Å². The van der Waals surface area contributed by atoms with E-state index in [0.717, 1.165) is 6.33 Å². The van der Waals surface area contributed by atoms with E-state index in [1.54, 1.807) is 0 Å². The Morgan fingerprint density at radius 3 is 2.86 bits per heavy atom. The van der Waals surface area contributed by atoms with Crippen molar-refractivity contribution in [2.45, 2.75) is 17.9 Å². The smallest absolute Gasteiger partial charge is 0.242 e. The number of aliphatic hydroxyl groups is 2. The van der Waals surface area contributed by atoms with Gasteiger partial charge in [-0.1, -0.05) is 5.92 Å². The summed E-state index contributed by atoms with van der Waals surface area (Å²) in [6.07, 6.45) is 5.37. The molecule has 0 bridgehead atoms. The van der Waals surface area contributed by atoms with Gasteiger partial charge in [0.15, 0.2) is 23.0 Å². The zero-order valence-electron chi connectivity index (χ0n) is 11.2. The van der Waals surface area contributed by atoms with Crippen LogP contribution in [0.15, 0.2) is 12.7 Å². The Balaban J connectivity index is 2.13. The van der Waals surface area contributed by atoms with Crippen LogP contribution in [-0.4, -0.2) is 53.2 Å². The van der Waals surface area contributed by atoms with Gasteiger partial charge in [-0.15, -0.1) is 6.42 Å². The average Bonchev–Trinajstić information content (AvgIpc) is 3.07. The van der Waals surface area contributed by atoms with E-state index in [1.807, 2.05) is 6.07 Å². The van der Waals surface area contributed by atoms with E-state index in [1.165, 1.54) is 10.9 Å². The predicted molar refractivity (Wildman–Crippen MR) is 70.9 cm³/mol. The lowest BCUT2D eigenvalue weighted by Gasteiger charge is -2.23. The fourth-order valence-corrected chi connectivity index (χ4v) is 2.49. The van der Waals surface area contributed by atoms with Crippen LogP contribution < -0.4 is 0 Å². The summed E-state index contributed by atoms with van der Waals surface area (Å²) in [7, 11) is 0. The molecule has 22 heavy (non-hydrogen) atoms. The van der Waals surface area contributed by atoms with Gasteiger partial charge >= 0.3 is 0 Å². The maximum Gasteiger partial charge on any atom is 0.242 e. The molecule has 0 amide bonds. The normalized spacial score (nSPS) is 31.0. The zero-order chi connectivity index (χ0) is 15.9. The molecule has 0 unspecified atom stereocenters. The number of hydrogen-bond donors (Lipinski definition) is 3. The van der Waals surface area contributed by atoms with Crippen molar-refractivity contribution in [3.8, 4) is 24.3 Å². The van der Waals surface area contributed by atoms with E-state index in [-0.39, 0.29) is 17.0 Å². The molecule has 2 aromatic heterocycles. The summed E-state index contributed by atoms with van der Waals surface area (Å²) in [5.41, 5.74) is -1.34. The maximum absolute atomic E-state index is 10.2. The molecule has 112 valence electrons.